The topological polar surface area (TPSA) is 128 Å². The van der Waals surface area contributed by atoms with Crippen LogP contribution >= 0.6 is 22.9 Å². The van der Waals surface area contributed by atoms with Crippen LogP contribution in [0, 0.1) is 5.82 Å². The number of benzene rings is 3. The summed E-state index contributed by atoms with van der Waals surface area (Å²) in [6, 6.07) is 20.1. The van der Waals surface area contributed by atoms with Crippen LogP contribution in [0.15, 0.2) is 90.7 Å². The fourth-order valence-electron chi connectivity index (χ4n) is 4.91. The molecule has 0 aliphatic heterocycles. The smallest absolute Gasteiger partial charge is 0.228 e. The number of pyridine rings is 1. The maximum atomic E-state index is 13.5. The summed E-state index contributed by atoms with van der Waals surface area (Å²) in [5.41, 5.74) is 3.99. The fraction of sp³-hybridized carbons (Fsp3) is 0.147. The van der Waals surface area contributed by atoms with Crippen LogP contribution in [0.2, 0.25) is 5.02 Å². The Morgan fingerprint density at radius 3 is 2.65 bits per heavy atom. The van der Waals surface area contributed by atoms with Crippen molar-refractivity contribution in [3.05, 3.63) is 118 Å². The van der Waals surface area contributed by atoms with Crippen molar-refractivity contribution in [2.24, 2.45) is 0 Å². The monoisotopic (exact) mass is 702 g/mol. The van der Waals surface area contributed by atoms with Gasteiger partial charge in [-0.2, -0.15) is 8.42 Å². The molecular weight excluding hydrogens is 675 g/mol. The first-order valence-corrected chi connectivity index (χ1v) is 16.9. The molecule has 3 aromatic carbocycles. The van der Waals surface area contributed by atoms with Gasteiger partial charge in [0.25, 0.3) is 0 Å². The van der Waals surface area contributed by atoms with E-state index in [9.17, 15) is 12.8 Å². The SMILES string of the molecule is COc1cc2ncnc(Nc3ccc(OCc4cccc(F)c4)c(Cl)c3)c2cc1-c1csc(C(C)NC(Cc2ccccn2)=S(=O)=O)n1. The number of hydrogen-bond donors (Lipinski definition) is 2. The van der Waals surface area contributed by atoms with E-state index in [1.807, 2.05) is 30.5 Å². The number of methoxy groups -OCH3 is 1. The van der Waals surface area contributed by atoms with Gasteiger partial charge in [-0.3, -0.25) is 10.3 Å². The summed E-state index contributed by atoms with van der Waals surface area (Å²) in [5, 5.41) is 10.1. The number of nitrogens with zero attached hydrogens (tertiary/aromatic N) is 4. The number of rotatable bonds is 11. The van der Waals surface area contributed by atoms with Crippen molar-refractivity contribution in [2.75, 3.05) is 12.4 Å². The Morgan fingerprint density at radius 2 is 1.90 bits per heavy atom. The molecule has 3 aromatic heterocycles. The van der Waals surface area contributed by atoms with Gasteiger partial charge in [0.2, 0.25) is 10.3 Å². The van der Waals surface area contributed by atoms with Gasteiger partial charge in [0, 0.05) is 46.4 Å². The Hall–Kier alpha value is -4.95. The van der Waals surface area contributed by atoms with E-state index in [4.69, 9.17) is 26.1 Å². The Morgan fingerprint density at radius 1 is 1.02 bits per heavy atom. The van der Waals surface area contributed by atoms with Crippen LogP contribution in [-0.2, 0) is 23.3 Å². The molecule has 0 radical (unpaired) electrons. The predicted octanol–water partition coefficient (Wildman–Crippen LogP) is 7.17. The zero-order chi connectivity index (χ0) is 33.6. The van der Waals surface area contributed by atoms with E-state index in [1.54, 1.807) is 55.8 Å². The summed E-state index contributed by atoms with van der Waals surface area (Å²) in [5.74, 6) is 1.22. The minimum Gasteiger partial charge on any atom is -0.496 e. The van der Waals surface area contributed by atoms with Crippen molar-refractivity contribution in [2.45, 2.75) is 26.0 Å². The average Bonchev–Trinajstić information content (AvgIpc) is 3.58. The third-order valence-corrected chi connectivity index (χ3v) is 9.24. The Kier molecular flexibility index (Phi) is 10.2. The van der Waals surface area contributed by atoms with Gasteiger partial charge in [-0.05, 0) is 61.0 Å². The molecule has 0 aliphatic carbocycles. The zero-order valence-corrected chi connectivity index (χ0v) is 28.0. The van der Waals surface area contributed by atoms with Crippen LogP contribution in [-0.4, -0.2) is 40.5 Å². The number of anilines is 2. The number of nitrogens with one attached hydrogen (secondary N) is 2. The molecule has 1 unspecified atom stereocenters. The minimum atomic E-state index is -2.46. The lowest BCUT2D eigenvalue weighted by Crippen LogP contribution is -2.29. The van der Waals surface area contributed by atoms with Crippen LogP contribution in [0.25, 0.3) is 22.2 Å². The highest BCUT2D eigenvalue weighted by Gasteiger charge is 2.19. The number of thiazole rings is 1. The molecular formula is C34H28ClFN6O4S2. The first-order valence-electron chi connectivity index (χ1n) is 14.6. The molecule has 0 fully saturated rings. The fourth-order valence-corrected chi connectivity index (χ4v) is 6.51. The Balaban J connectivity index is 1.23. The van der Waals surface area contributed by atoms with Crippen molar-refractivity contribution < 1.29 is 22.3 Å². The van der Waals surface area contributed by atoms with Gasteiger partial charge in [-0.1, -0.05) is 29.8 Å². The lowest BCUT2D eigenvalue weighted by molar-refractivity contribution is 0.306. The first kappa shape index (κ1) is 33.0. The Labute approximate surface area is 286 Å². The molecule has 3 heterocycles. The molecule has 14 heteroatoms. The molecule has 48 heavy (non-hydrogen) atoms. The van der Waals surface area contributed by atoms with Gasteiger partial charge in [-0.25, -0.2) is 19.3 Å². The summed E-state index contributed by atoms with van der Waals surface area (Å²) in [6.07, 6.45) is 3.22. The largest absolute Gasteiger partial charge is 0.496 e. The number of aromatic nitrogens is 4. The van der Waals surface area contributed by atoms with Crippen LogP contribution in [0.4, 0.5) is 15.9 Å². The molecule has 2 N–H and O–H groups in total. The molecule has 1 atom stereocenters. The number of ether oxygens (including phenoxy) is 2. The van der Waals surface area contributed by atoms with Crippen molar-refractivity contribution in [3.8, 4) is 22.8 Å². The third kappa shape index (κ3) is 7.77. The van der Waals surface area contributed by atoms with E-state index in [2.05, 4.69) is 25.6 Å². The van der Waals surface area contributed by atoms with Gasteiger partial charge in [0.1, 0.15) is 46.1 Å². The van der Waals surface area contributed by atoms with Gasteiger partial charge in [0.15, 0.2) is 0 Å². The van der Waals surface area contributed by atoms with Crippen molar-refractivity contribution in [3.63, 3.8) is 0 Å². The van der Waals surface area contributed by atoms with Crippen molar-refractivity contribution in [1.29, 1.82) is 0 Å². The summed E-state index contributed by atoms with van der Waals surface area (Å²) in [4.78, 5) is 18.1. The second-order valence-electron chi connectivity index (χ2n) is 10.6. The first-order chi connectivity index (χ1) is 23.3. The van der Waals surface area contributed by atoms with Crippen molar-refractivity contribution in [1.82, 2.24) is 25.3 Å². The normalized spacial score (nSPS) is 11.7. The molecule has 0 aliphatic rings. The maximum absolute atomic E-state index is 13.5. The van der Waals surface area contributed by atoms with E-state index in [-0.39, 0.29) is 23.8 Å². The zero-order valence-electron chi connectivity index (χ0n) is 25.6. The van der Waals surface area contributed by atoms with E-state index < -0.39 is 16.3 Å². The van der Waals surface area contributed by atoms with Gasteiger partial charge >= 0.3 is 0 Å². The molecule has 0 saturated carbocycles. The number of hydrogen-bond acceptors (Lipinski definition) is 10. The predicted molar refractivity (Wildman–Crippen MR) is 186 cm³/mol. The van der Waals surface area contributed by atoms with Crippen LogP contribution in [0.3, 0.4) is 0 Å². The van der Waals surface area contributed by atoms with Crippen LogP contribution in [0.5, 0.6) is 11.5 Å². The standard InChI is InChI=1S/C34H28ClFN6O4S2/c1-20(40-32(48(43)44)14-23-8-3-4-11-37-23)34-42-29(18-47-34)25-15-26-28(16-31(25)45-2)38-19-39-33(26)41-24-9-10-30(27(35)13-24)46-17-21-6-5-7-22(36)12-21/h3-13,15-16,18-20,40H,14,17H2,1-2H3,(H,38,39,41). The van der Waals surface area contributed by atoms with E-state index in [0.29, 0.717) is 66.5 Å². The van der Waals surface area contributed by atoms with Gasteiger partial charge < -0.3 is 14.8 Å². The van der Waals surface area contributed by atoms with Crippen LogP contribution in [0.1, 0.15) is 29.2 Å². The second kappa shape index (κ2) is 14.9. The third-order valence-electron chi connectivity index (χ3n) is 7.25. The molecule has 244 valence electrons. The second-order valence-corrected chi connectivity index (χ2v) is 12.8. The van der Waals surface area contributed by atoms with Gasteiger partial charge in [-0.15, -0.1) is 11.3 Å². The average molecular weight is 703 g/mol. The lowest BCUT2D eigenvalue weighted by atomic mass is 10.1. The highest BCUT2D eigenvalue weighted by atomic mass is 35.5. The summed E-state index contributed by atoms with van der Waals surface area (Å²) in [7, 11) is -0.883. The van der Waals surface area contributed by atoms with Gasteiger partial charge in [0.05, 0.1) is 29.4 Å². The van der Waals surface area contributed by atoms with E-state index >= 15 is 0 Å². The molecule has 6 aromatic rings. The quantitative estimate of drug-likeness (QED) is 0.134. The van der Waals surface area contributed by atoms with Crippen molar-refractivity contribution >= 4 is 60.6 Å². The molecule has 10 nitrogen and oxygen atoms in total. The highest BCUT2D eigenvalue weighted by molar-refractivity contribution is 7.72. The Bertz CT molecular complexity index is 2230. The molecule has 6 rings (SSSR count). The van der Waals surface area contributed by atoms with E-state index in [1.165, 1.54) is 29.8 Å². The van der Waals surface area contributed by atoms with Crippen LogP contribution < -0.4 is 20.1 Å². The maximum Gasteiger partial charge on any atom is 0.228 e. The van der Waals surface area contributed by atoms with E-state index in [0.717, 1.165) is 0 Å². The summed E-state index contributed by atoms with van der Waals surface area (Å²) >= 11 is 7.93. The molecule has 0 saturated heterocycles. The summed E-state index contributed by atoms with van der Waals surface area (Å²) < 4.78 is 49.0. The molecule has 0 amide bonds. The lowest BCUT2D eigenvalue weighted by Gasteiger charge is -2.14. The number of halogens is 2. The molecule has 0 bridgehead atoms. The minimum absolute atomic E-state index is 0.125. The number of fused-ring (bicyclic) bond motifs is 1. The highest BCUT2D eigenvalue weighted by Crippen LogP contribution is 2.38. The summed E-state index contributed by atoms with van der Waals surface area (Å²) in [6.45, 7) is 2.02. The molecule has 0 spiro atoms.